The van der Waals surface area contributed by atoms with Gasteiger partial charge < -0.3 is 10.2 Å². The van der Waals surface area contributed by atoms with Crippen molar-refractivity contribution >= 4 is 38.7 Å². The Morgan fingerprint density at radius 2 is 1.79 bits per heavy atom. The Labute approximate surface area is 182 Å². The highest BCUT2D eigenvalue weighted by Gasteiger charge is 2.43. The lowest BCUT2D eigenvalue weighted by molar-refractivity contribution is 0.166. The Balaban J connectivity index is 1.33. The van der Waals surface area contributed by atoms with Crippen LogP contribution in [0, 0.1) is 5.41 Å². The van der Waals surface area contributed by atoms with Crippen LogP contribution in [0.3, 0.4) is 0 Å². The van der Waals surface area contributed by atoms with Crippen molar-refractivity contribution in [3.05, 3.63) is 53.4 Å². The Morgan fingerprint density at radius 3 is 2.45 bits per heavy atom. The van der Waals surface area contributed by atoms with E-state index in [1.165, 1.54) is 16.9 Å². The molecule has 1 atom stereocenters. The van der Waals surface area contributed by atoms with E-state index in [0.717, 1.165) is 37.5 Å². The van der Waals surface area contributed by atoms with Gasteiger partial charge in [-0.05, 0) is 60.8 Å². The maximum absolute atomic E-state index is 12.8. The molecule has 0 saturated carbocycles. The van der Waals surface area contributed by atoms with Gasteiger partial charge in [0.05, 0.1) is 6.04 Å². The van der Waals surface area contributed by atoms with E-state index in [1.54, 1.807) is 16.4 Å². The molecule has 2 saturated heterocycles. The minimum Gasteiger partial charge on any atom is -0.356 e. The van der Waals surface area contributed by atoms with E-state index < -0.39 is 10.0 Å². The zero-order valence-electron chi connectivity index (χ0n) is 16.6. The molecular weight excluding hydrogens is 422 g/mol. The molecule has 2 aliphatic rings. The van der Waals surface area contributed by atoms with Crippen LogP contribution in [0.5, 0.6) is 0 Å². The van der Waals surface area contributed by atoms with Crippen molar-refractivity contribution in [2.45, 2.75) is 36.4 Å². The second-order valence-corrected chi connectivity index (χ2v) is 11.6. The van der Waals surface area contributed by atoms with Crippen LogP contribution in [0.25, 0.3) is 0 Å². The number of sulfonamides is 1. The molecule has 1 N–H and O–H groups in total. The summed E-state index contributed by atoms with van der Waals surface area (Å²) >= 11 is 6.98. The van der Waals surface area contributed by atoms with Crippen LogP contribution in [0.15, 0.2) is 52.1 Å². The third kappa shape index (κ3) is 4.35. The van der Waals surface area contributed by atoms with Crippen LogP contribution >= 0.6 is 23.6 Å². The fraction of sp³-hybridized carbons (Fsp3) is 0.476. The van der Waals surface area contributed by atoms with Crippen LogP contribution in [-0.4, -0.2) is 48.9 Å². The summed E-state index contributed by atoms with van der Waals surface area (Å²) in [6.07, 6.45) is 2.86. The maximum Gasteiger partial charge on any atom is 0.252 e. The molecule has 0 amide bonds. The smallest absolute Gasteiger partial charge is 0.252 e. The normalized spacial score (nSPS) is 20.7. The molecule has 0 bridgehead atoms. The fourth-order valence-electron chi connectivity index (χ4n) is 4.36. The predicted molar refractivity (Wildman–Crippen MR) is 122 cm³/mol. The van der Waals surface area contributed by atoms with Gasteiger partial charge in [0.25, 0.3) is 10.0 Å². The van der Waals surface area contributed by atoms with Crippen molar-refractivity contribution in [2.75, 3.05) is 26.2 Å². The first-order chi connectivity index (χ1) is 13.9. The fourth-order valence-corrected chi connectivity index (χ4v) is 7.28. The quantitative estimate of drug-likeness (QED) is 0.719. The van der Waals surface area contributed by atoms with Crippen LogP contribution in [0.1, 0.15) is 37.8 Å². The topological polar surface area (TPSA) is 52.6 Å². The van der Waals surface area contributed by atoms with Crippen LogP contribution in [-0.2, 0) is 10.0 Å². The molecule has 1 aromatic heterocycles. The average Bonchev–Trinajstić information content (AvgIpc) is 3.40. The Hall–Kier alpha value is -1.48. The van der Waals surface area contributed by atoms with Gasteiger partial charge in [-0.1, -0.05) is 36.4 Å². The summed E-state index contributed by atoms with van der Waals surface area (Å²) in [6.45, 7) is 5.16. The number of likely N-dealkylation sites (tertiary alicyclic amines) is 1. The first-order valence-corrected chi connectivity index (χ1v) is 12.8. The molecule has 156 valence electrons. The predicted octanol–water partition coefficient (Wildman–Crippen LogP) is 3.86. The third-order valence-electron chi connectivity index (χ3n) is 6.24. The van der Waals surface area contributed by atoms with E-state index in [9.17, 15) is 8.42 Å². The Bertz CT molecular complexity index is 937. The molecule has 1 unspecified atom stereocenters. The van der Waals surface area contributed by atoms with Crippen molar-refractivity contribution in [1.29, 1.82) is 0 Å². The van der Waals surface area contributed by atoms with Gasteiger partial charge in [-0.25, -0.2) is 8.42 Å². The van der Waals surface area contributed by atoms with Gasteiger partial charge in [0.1, 0.15) is 4.21 Å². The molecule has 5 nitrogen and oxygen atoms in total. The van der Waals surface area contributed by atoms with Crippen molar-refractivity contribution in [3.8, 4) is 0 Å². The second-order valence-electron chi connectivity index (χ2n) is 8.09. The number of benzene rings is 1. The molecule has 0 radical (unpaired) electrons. The van der Waals surface area contributed by atoms with Crippen LogP contribution in [0.2, 0.25) is 0 Å². The van der Waals surface area contributed by atoms with E-state index in [-0.39, 0.29) is 11.5 Å². The summed E-state index contributed by atoms with van der Waals surface area (Å²) < 4.78 is 27.7. The van der Waals surface area contributed by atoms with Crippen LogP contribution < -0.4 is 5.32 Å². The maximum atomic E-state index is 12.8. The minimum atomic E-state index is -3.34. The highest BCUT2D eigenvalue weighted by atomic mass is 32.2. The summed E-state index contributed by atoms with van der Waals surface area (Å²) in [5.41, 5.74) is 1.39. The van der Waals surface area contributed by atoms with Gasteiger partial charge in [-0.3, -0.25) is 0 Å². The molecule has 0 aliphatic carbocycles. The number of nitrogens with zero attached hydrogens (tertiary/aromatic N) is 2. The Kier molecular flexibility index (Phi) is 5.97. The first-order valence-electron chi connectivity index (χ1n) is 10.0. The van der Waals surface area contributed by atoms with E-state index >= 15 is 0 Å². The largest absolute Gasteiger partial charge is 0.356 e. The number of piperidine rings is 1. The van der Waals surface area contributed by atoms with E-state index in [2.05, 4.69) is 29.3 Å². The first kappa shape index (κ1) is 20.8. The lowest BCUT2D eigenvalue weighted by Gasteiger charge is -2.38. The number of rotatable bonds is 4. The minimum absolute atomic E-state index is 0.165. The van der Waals surface area contributed by atoms with Crippen molar-refractivity contribution in [3.63, 3.8) is 0 Å². The summed E-state index contributed by atoms with van der Waals surface area (Å²) in [7, 11) is -3.34. The summed E-state index contributed by atoms with van der Waals surface area (Å²) in [5, 5.41) is 6.08. The highest BCUT2D eigenvalue weighted by Crippen LogP contribution is 2.41. The molecule has 4 rings (SSSR count). The van der Waals surface area contributed by atoms with Gasteiger partial charge in [-0.15, -0.1) is 11.3 Å². The third-order valence-corrected chi connectivity index (χ3v) is 9.89. The van der Waals surface area contributed by atoms with Gasteiger partial charge in [-0.2, -0.15) is 4.31 Å². The number of hydrogen-bond acceptors (Lipinski definition) is 4. The number of thiophene rings is 1. The van der Waals surface area contributed by atoms with Crippen molar-refractivity contribution in [1.82, 2.24) is 14.5 Å². The molecule has 3 heterocycles. The number of nitrogens with one attached hydrogen (secondary N) is 1. The molecule has 2 fully saturated rings. The molecule has 1 spiro atoms. The number of thiocarbonyl (C=S) groups is 1. The Morgan fingerprint density at radius 1 is 1.10 bits per heavy atom. The van der Waals surface area contributed by atoms with E-state index in [0.29, 0.717) is 17.3 Å². The highest BCUT2D eigenvalue weighted by molar-refractivity contribution is 7.91. The van der Waals surface area contributed by atoms with Gasteiger partial charge in [0, 0.05) is 26.2 Å². The summed E-state index contributed by atoms with van der Waals surface area (Å²) in [6, 6.07) is 14.0. The van der Waals surface area contributed by atoms with Gasteiger partial charge in [0.15, 0.2) is 5.11 Å². The number of hydrogen-bond donors (Lipinski definition) is 1. The molecular formula is C21H27N3O2S3. The molecule has 29 heavy (non-hydrogen) atoms. The van der Waals surface area contributed by atoms with E-state index in [1.807, 2.05) is 23.6 Å². The molecule has 8 heteroatoms. The average molecular weight is 450 g/mol. The standard InChI is InChI=1S/C21H27N3O2S3/c1-17(18-6-3-2-4-7-18)22-20(27)23-12-9-21(16-23)10-13-24(14-11-21)29(25,26)19-8-5-15-28-19/h2-8,15,17H,9-14,16H2,1H3,(H,22,27). The monoisotopic (exact) mass is 449 g/mol. The molecule has 2 aromatic rings. The zero-order valence-corrected chi connectivity index (χ0v) is 19.0. The molecule has 2 aliphatic heterocycles. The van der Waals surface area contributed by atoms with E-state index in [4.69, 9.17) is 12.2 Å². The lowest BCUT2D eigenvalue weighted by Crippen LogP contribution is -2.45. The van der Waals surface area contributed by atoms with Crippen LogP contribution in [0.4, 0.5) is 0 Å². The van der Waals surface area contributed by atoms with Crippen molar-refractivity contribution in [2.24, 2.45) is 5.41 Å². The SMILES string of the molecule is CC(NC(=S)N1CCC2(CCN(S(=O)(=O)c3cccs3)CC2)C1)c1ccccc1. The lowest BCUT2D eigenvalue weighted by atomic mass is 9.78. The van der Waals surface area contributed by atoms with Gasteiger partial charge >= 0.3 is 0 Å². The van der Waals surface area contributed by atoms with Gasteiger partial charge in [0.2, 0.25) is 0 Å². The van der Waals surface area contributed by atoms with Crippen molar-refractivity contribution < 1.29 is 8.42 Å². The zero-order chi connectivity index (χ0) is 20.5. The molecule has 1 aromatic carbocycles. The second kappa shape index (κ2) is 8.34. The summed E-state index contributed by atoms with van der Waals surface area (Å²) in [4.78, 5) is 2.26. The summed E-state index contributed by atoms with van der Waals surface area (Å²) in [5.74, 6) is 0.